The van der Waals surface area contributed by atoms with Crippen molar-refractivity contribution in [2.75, 3.05) is 0 Å². The van der Waals surface area contributed by atoms with Crippen molar-refractivity contribution in [3.05, 3.63) is 59.8 Å². The van der Waals surface area contributed by atoms with Gasteiger partial charge in [-0.2, -0.15) is 0 Å². The molecule has 0 saturated heterocycles. The van der Waals surface area contributed by atoms with Crippen LogP contribution in [0.25, 0.3) is 22.4 Å². The van der Waals surface area contributed by atoms with E-state index < -0.39 is 0 Å². The van der Waals surface area contributed by atoms with E-state index in [0.717, 1.165) is 0 Å². The summed E-state index contributed by atoms with van der Waals surface area (Å²) in [6.45, 7) is 0. The van der Waals surface area contributed by atoms with Gasteiger partial charge < -0.3 is 5.21 Å². The highest BCUT2D eigenvalue weighted by Crippen LogP contribution is 2.21. The Kier molecular flexibility index (Phi) is 2.01. The molecule has 0 aliphatic heterocycles. The van der Waals surface area contributed by atoms with Gasteiger partial charge in [-0.1, -0.05) is 35.5 Å². The van der Waals surface area contributed by atoms with Gasteiger partial charge in [0.05, 0.1) is 5.56 Å². The number of hydrogen-bond acceptors (Lipinski definition) is 1. The zero-order valence-corrected chi connectivity index (χ0v) is 8.91. The van der Waals surface area contributed by atoms with E-state index in [9.17, 15) is 10.4 Å². The molecule has 0 spiro atoms. The predicted molar refractivity (Wildman–Crippen MR) is 62.4 cm³/mol. The molecule has 17 heavy (non-hydrogen) atoms. The molecule has 83 valence electrons. The molecule has 0 amide bonds. The molecular weight excluding hydrogens is 216 g/mol. The summed E-state index contributed by atoms with van der Waals surface area (Å²) in [4.78, 5) is 0. The average Bonchev–Trinajstić information content (AvgIpc) is 2.64. The predicted octanol–water partition coefficient (Wildman–Crippen LogP) is 2.14. The molecule has 0 atom stereocenters. The van der Waals surface area contributed by atoms with Crippen molar-refractivity contribution in [2.45, 2.75) is 0 Å². The van der Waals surface area contributed by atoms with Crippen LogP contribution in [-0.4, -0.2) is 4.73 Å². The molecule has 1 radical (unpaired) electrons. The number of aromatic nitrogens is 2. The minimum Gasteiger partial charge on any atom is -0.710 e. The third kappa shape index (κ3) is 1.34. The number of nitrogens with zero attached hydrogens (tertiary/aromatic N) is 2. The van der Waals surface area contributed by atoms with Crippen molar-refractivity contribution in [1.29, 1.82) is 0 Å². The Hall–Kier alpha value is -2.49. The highest BCUT2D eigenvalue weighted by molar-refractivity contribution is 5.75. The summed E-state index contributed by atoms with van der Waals surface area (Å²) in [5.41, 5.74) is 1.40. The number of rotatable bonds is 1. The molecule has 2 aromatic carbocycles. The van der Waals surface area contributed by atoms with Crippen molar-refractivity contribution in [2.24, 2.45) is 0 Å². The van der Waals surface area contributed by atoms with Crippen LogP contribution in [0.5, 0.6) is 0 Å². The minimum absolute atomic E-state index is 0.117. The molecule has 0 saturated carbocycles. The Morgan fingerprint density at radius 2 is 1.59 bits per heavy atom. The van der Waals surface area contributed by atoms with Crippen LogP contribution in [-0.2, 0) is 5.21 Å². The maximum Gasteiger partial charge on any atom is 0.337 e. The lowest BCUT2D eigenvalue weighted by Crippen LogP contribution is -2.27. The van der Waals surface area contributed by atoms with Gasteiger partial charge in [0.1, 0.15) is 0 Å². The third-order valence-corrected chi connectivity index (χ3v) is 2.74. The lowest BCUT2D eigenvalue weighted by atomic mass is 10.2. The summed E-state index contributed by atoms with van der Waals surface area (Å²) in [6.07, 6.45) is 0. The largest absolute Gasteiger partial charge is 0.710 e. The maximum absolute atomic E-state index is 12.0. The summed E-state index contributed by atoms with van der Waals surface area (Å²) in [7, 11) is 0. The summed E-state index contributed by atoms with van der Waals surface area (Å²) in [6, 6.07) is 15.7. The molecule has 0 aliphatic carbocycles. The first kappa shape index (κ1) is 9.72. The molecule has 4 heteroatoms. The molecule has 0 fully saturated rings. The molecule has 0 unspecified atom stereocenters. The van der Waals surface area contributed by atoms with E-state index in [1.807, 2.05) is 6.07 Å². The fraction of sp³-hybridized carbons (Fsp3) is 0. The van der Waals surface area contributed by atoms with Gasteiger partial charge in [-0.25, -0.2) is 4.73 Å². The molecular formula is C13H9N2O2. The van der Waals surface area contributed by atoms with Crippen LogP contribution in [0.15, 0.2) is 54.6 Å². The maximum atomic E-state index is 12.0. The fourth-order valence-electron chi connectivity index (χ4n) is 1.94. The van der Waals surface area contributed by atoms with E-state index in [1.165, 1.54) is 0 Å². The van der Waals surface area contributed by atoms with E-state index >= 15 is 0 Å². The Balaban J connectivity index is 2.38. The summed E-state index contributed by atoms with van der Waals surface area (Å²) < 4.78 is 1.36. The van der Waals surface area contributed by atoms with E-state index in [2.05, 4.69) is 0 Å². The summed E-state index contributed by atoms with van der Waals surface area (Å²) in [5, 5.41) is 24.1. The quantitative estimate of drug-likeness (QED) is 0.462. The standard InChI is InChI=1S/C13H9N2O2/c16-14-11-8-4-5-9-12(11)15(17)13(14)10-6-2-1-3-7-10/h1-9H. The third-order valence-electron chi connectivity index (χ3n) is 2.74. The number of hydrogen-bond donors (Lipinski definition) is 0. The Morgan fingerprint density at radius 3 is 2.29 bits per heavy atom. The Bertz CT molecular complexity index is 635. The summed E-state index contributed by atoms with van der Waals surface area (Å²) in [5.74, 6) is 0.117. The van der Waals surface area contributed by atoms with Crippen molar-refractivity contribution in [3.63, 3.8) is 0 Å². The van der Waals surface area contributed by atoms with Gasteiger partial charge in [-0.15, -0.1) is 0 Å². The second-order valence-electron chi connectivity index (χ2n) is 3.77. The van der Waals surface area contributed by atoms with E-state index in [-0.39, 0.29) is 5.82 Å². The van der Waals surface area contributed by atoms with Crippen LogP contribution < -0.4 is 4.73 Å². The average molecular weight is 225 g/mol. The van der Waals surface area contributed by atoms with Crippen LogP contribution >= 0.6 is 0 Å². The van der Waals surface area contributed by atoms with Crippen molar-refractivity contribution in [3.8, 4) is 11.4 Å². The molecule has 3 rings (SSSR count). The lowest BCUT2D eigenvalue weighted by Gasteiger charge is -2.01. The van der Waals surface area contributed by atoms with E-state index in [1.54, 1.807) is 48.5 Å². The second kappa shape index (κ2) is 3.52. The molecule has 4 nitrogen and oxygen atoms in total. The van der Waals surface area contributed by atoms with E-state index in [0.29, 0.717) is 26.1 Å². The second-order valence-corrected chi connectivity index (χ2v) is 3.77. The van der Waals surface area contributed by atoms with Gasteiger partial charge >= 0.3 is 5.82 Å². The number of imidazole rings is 1. The van der Waals surface area contributed by atoms with Gasteiger partial charge in [0.15, 0.2) is 5.52 Å². The zero-order valence-electron chi connectivity index (χ0n) is 8.91. The van der Waals surface area contributed by atoms with Crippen molar-refractivity contribution >= 4 is 11.0 Å². The topological polar surface area (TPSA) is 51.8 Å². The van der Waals surface area contributed by atoms with Crippen LogP contribution in [0.4, 0.5) is 0 Å². The van der Waals surface area contributed by atoms with Gasteiger partial charge in [-0.05, 0) is 24.3 Å². The monoisotopic (exact) mass is 225 g/mol. The van der Waals surface area contributed by atoms with Gasteiger partial charge in [0.2, 0.25) is 5.52 Å². The number of benzene rings is 2. The molecule has 3 aromatic rings. The first-order valence-electron chi connectivity index (χ1n) is 5.25. The Labute approximate surface area is 97.5 Å². The van der Waals surface area contributed by atoms with Crippen LogP contribution in [0, 0.1) is 5.21 Å². The normalized spacial score (nSPS) is 10.8. The number of fused-ring (bicyclic) bond motifs is 1. The van der Waals surface area contributed by atoms with Gasteiger partial charge in [0.25, 0.3) is 0 Å². The Morgan fingerprint density at radius 1 is 0.941 bits per heavy atom. The lowest BCUT2D eigenvalue weighted by molar-refractivity contribution is -0.567. The van der Waals surface area contributed by atoms with Crippen molar-refractivity contribution in [1.82, 2.24) is 4.73 Å². The summed E-state index contributed by atoms with van der Waals surface area (Å²) >= 11 is 0. The first-order valence-corrected chi connectivity index (χ1v) is 5.25. The van der Waals surface area contributed by atoms with Crippen molar-refractivity contribution < 1.29 is 9.94 Å². The van der Waals surface area contributed by atoms with Gasteiger partial charge in [0, 0.05) is 4.73 Å². The van der Waals surface area contributed by atoms with Crippen LogP contribution in [0.3, 0.4) is 0 Å². The molecule has 1 heterocycles. The smallest absolute Gasteiger partial charge is 0.337 e. The van der Waals surface area contributed by atoms with E-state index in [4.69, 9.17) is 0 Å². The minimum atomic E-state index is 0.117. The zero-order chi connectivity index (χ0) is 11.8. The molecule has 1 aromatic heterocycles. The SMILES string of the molecule is [O]n1c(-c2ccccc2)[n+]([O-])c2ccccc21. The fourth-order valence-corrected chi connectivity index (χ4v) is 1.94. The number of para-hydroxylation sites is 2. The van der Waals surface area contributed by atoms with Crippen LogP contribution in [0.2, 0.25) is 0 Å². The molecule has 0 bridgehead atoms. The molecule has 0 aliphatic rings. The first-order chi connectivity index (χ1) is 8.29. The highest BCUT2D eigenvalue weighted by atomic mass is 16.5. The highest BCUT2D eigenvalue weighted by Gasteiger charge is 2.23. The van der Waals surface area contributed by atoms with Gasteiger partial charge in [-0.3, -0.25) is 0 Å². The van der Waals surface area contributed by atoms with Crippen LogP contribution in [0.1, 0.15) is 0 Å². The molecule has 0 N–H and O–H groups in total.